The number of thioether (sulfide) groups is 1. The highest BCUT2D eigenvalue weighted by Crippen LogP contribution is 2.26. The molecule has 2 aromatic carbocycles. The third-order valence-electron chi connectivity index (χ3n) is 5.46. The van der Waals surface area contributed by atoms with Crippen LogP contribution in [0.1, 0.15) is 39.5 Å². The number of carbonyl (C=O) groups excluding carboxylic acids is 1. The van der Waals surface area contributed by atoms with Crippen LogP contribution in [0.2, 0.25) is 0 Å². The van der Waals surface area contributed by atoms with E-state index in [4.69, 9.17) is 4.98 Å². The molecule has 1 N–H and O–H groups in total. The Morgan fingerprint density at radius 1 is 1.25 bits per heavy atom. The lowest BCUT2D eigenvalue weighted by Crippen LogP contribution is -2.38. The third-order valence-corrected chi connectivity index (χ3v) is 6.55. The molecule has 0 saturated heterocycles. The Labute approximate surface area is 168 Å². The van der Waals surface area contributed by atoms with Crippen LogP contribution in [-0.2, 0) is 11.3 Å². The summed E-state index contributed by atoms with van der Waals surface area (Å²) in [7, 11) is 0. The molecule has 0 bridgehead atoms. The fraction of sp³-hybridized carbons (Fsp3) is 0.409. The summed E-state index contributed by atoms with van der Waals surface area (Å²) in [4.78, 5) is 30.4. The smallest absolute Gasteiger partial charge is 0.262 e. The van der Waals surface area contributed by atoms with Crippen LogP contribution in [0.25, 0.3) is 21.7 Å². The first kappa shape index (κ1) is 19.0. The van der Waals surface area contributed by atoms with Gasteiger partial charge in [-0.1, -0.05) is 48.9 Å². The summed E-state index contributed by atoms with van der Waals surface area (Å²) in [5.74, 6) is 0.0208. The van der Waals surface area contributed by atoms with Crippen LogP contribution in [0.4, 0.5) is 0 Å². The highest BCUT2D eigenvalue weighted by atomic mass is 32.2. The predicted octanol–water partition coefficient (Wildman–Crippen LogP) is 4.11. The van der Waals surface area contributed by atoms with E-state index in [1.807, 2.05) is 50.2 Å². The molecule has 1 fully saturated rings. The van der Waals surface area contributed by atoms with Crippen LogP contribution in [0, 0.1) is 0 Å². The Kier molecular flexibility index (Phi) is 5.40. The average Bonchev–Trinajstić information content (AvgIpc) is 3.20. The van der Waals surface area contributed by atoms with E-state index in [2.05, 4.69) is 5.32 Å². The minimum Gasteiger partial charge on any atom is -0.352 e. The maximum Gasteiger partial charge on any atom is 0.262 e. The molecular weight excluding hydrogens is 370 g/mol. The van der Waals surface area contributed by atoms with Crippen LogP contribution in [0.5, 0.6) is 0 Å². The zero-order chi connectivity index (χ0) is 19.7. The van der Waals surface area contributed by atoms with Crippen molar-refractivity contribution in [1.82, 2.24) is 14.9 Å². The molecule has 4 rings (SSSR count). The van der Waals surface area contributed by atoms with Crippen molar-refractivity contribution in [2.75, 3.05) is 0 Å². The molecule has 1 amide bonds. The summed E-state index contributed by atoms with van der Waals surface area (Å²) >= 11 is 1.36. The molecule has 1 heterocycles. The van der Waals surface area contributed by atoms with Gasteiger partial charge in [-0.3, -0.25) is 14.2 Å². The molecule has 1 aliphatic rings. The number of hydrogen-bond donors (Lipinski definition) is 1. The van der Waals surface area contributed by atoms with Crippen molar-refractivity contribution < 1.29 is 4.79 Å². The normalized spacial score (nSPS) is 15.9. The number of nitrogens with one attached hydrogen (secondary N) is 1. The SMILES string of the molecule is CCn1c(S[C@@H](C)C(=O)NC2CCCC2)nc2cc3ccccc3cc2c1=O. The van der Waals surface area contributed by atoms with Gasteiger partial charge < -0.3 is 5.32 Å². The van der Waals surface area contributed by atoms with Gasteiger partial charge in [-0.05, 0) is 49.6 Å². The molecule has 1 saturated carbocycles. The first-order valence-corrected chi connectivity index (χ1v) is 10.8. The number of fused-ring (bicyclic) bond motifs is 2. The molecule has 1 atom stereocenters. The molecule has 0 unspecified atom stereocenters. The van der Waals surface area contributed by atoms with E-state index >= 15 is 0 Å². The van der Waals surface area contributed by atoms with Gasteiger partial charge in [0.15, 0.2) is 5.16 Å². The second-order valence-corrected chi connectivity index (χ2v) is 8.72. The molecule has 1 aromatic heterocycles. The molecule has 146 valence electrons. The number of benzene rings is 2. The quantitative estimate of drug-likeness (QED) is 0.401. The summed E-state index contributed by atoms with van der Waals surface area (Å²) in [6, 6.07) is 12.1. The lowest BCUT2D eigenvalue weighted by Gasteiger charge is -2.18. The minimum absolute atomic E-state index is 0.0208. The van der Waals surface area contributed by atoms with Crippen LogP contribution in [-0.4, -0.2) is 26.8 Å². The fourth-order valence-corrected chi connectivity index (χ4v) is 4.84. The molecule has 0 spiro atoms. The number of rotatable bonds is 5. The molecule has 0 radical (unpaired) electrons. The van der Waals surface area contributed by atoms with Gasteiger partial charge in [0.05, 0.1) is 16.2 Å². The number of nitrogens with zero attached hydrogens (tertiary/aromatic N) is 2. The summed E-state index contributed by atoms with van der Waals surface area (Å²) < 4.78 is 1.67. The monoisotopic (exact) mass is 395 g/mol. The number of hydrogen-bond acceptors (Lipinski definition) is 4. The highest BCUT2D eigenvalue weighted by Gasteiger charge is 2.23. The van der Waals surface area contributed by atoms with E-state index in [1.54, 1.807) is 4.57 Å². The maximum atomic E-state index is 13.1. The lowest BCUT2D eigenvalue weighted by atomic mass is 10.1. The van der Waals surface area contributed by atoms with Crippen molar-refractivity contribution in [3.63, 3.8) is 0 Å². The number of amides is 1. The Balaban J connectivity index is 1.68. The van der Waals surface area contributed by atoms with Crippen molar-refractivity contribution in [2.24, 2.45) is 0 Å². The van der Waals surface area contributed by atoms with E-state index in [9.17, 15) is 9.59 Å². The molecular formula is C22H25N3O2S. The van der Waals surface area contributed by atoms with Crippen LogP contribution in [0.15, 0.2) is 46.3 Å². The molecule has 1 aliphatic carbocycles. The fourth-order valence-electron chi connectivity index (χ4n) is 3.86. The first-order chi connectivity index (χ1) is 13.6. The van der Waals surface area contributed by atoms with E-state index < -0.39 is 0 Å². The van der Waals surface area contributed by atoms with E-state index in [0.29, 0.717) is 28.6 Å². The van der Waals surface area contributed by atoms with E-state index in [-0.39, 0.29) is 16.7 Å². The summed E-state index contributed by atoms with van der Waals surface area (Å²) in [6.07, 6.45) is 4.48. The predicted molar refractivity (Wildman–Crippen MR) is 115 cm³/mol. The van der Waals surface area contributed by atoms with E-state index in [0.717, 1.165) is 23.6 Å². The van der Waals surface area contributed by atoms with Gasteiger partial charge >= 0.3 is 0 Å². The van der Waals surface area contributed by atoms with Crippen molar-refractivity contribution >= 4 is 39.3 Å². The van der Waals surface area contributed by atoms with Gasteiger partial charge in [-0.25, -0.2) is 4.98 Å². The second kappa shape index (κ2) is 7.95. The average molecular weight is 396 g/mol. The largest absolute Gasteiger partial charge is 0.352 e. The van der Waals surface area contributed by atoms with Gasteiger partial charge in [0.1, 0.15) is 0 Å². The van der Waals surface area contributed by atoms with Gasteiger partial charge in [-0.15, -0.1) is 0 Å². The summed E-state index contributed by atoms with van der Waals surface area (Å²) in [5, 5.41) is 6.14. The van der Waals surface area contributed by atoms with Gasteiger partial charge in [-0.2, -0.15) is 0 Å². The molecule has 28 heavy (non-hydrogen) atoms. The maximum absolute atomic E-state index is 13.1. The summed E-state index contributed by atoms with van der Waals surface area (Å²) in [6.45, 7) is 4.34. The molecule has 0 aliphatic heterocycles. The van der Waals surface area contributed by atoms with Crippen LogP contribution in [0.3, 0.4) is 0 Å². The summed E-state index contributed by atoms with van der Waals surface area (Å²) in [5.41, 5.74) is 0.628. The van der Waals surface area contributed by atoms with Gasteiger partial charge in [0, 0.05) is 12.6 Å². The van der Waals surface area contributed by atoms with Crippen LogP contribution < -0.4 is 10.9 Å². The molecule has 3 aromatic rings. The Morgan fingerprint density at radius 3 is 2.61 bits per heavy atom. The standard InChI is InChI=1S/C22H25N3O2S/c1-3-25-21(27)18-12-15-8-4-5-9-16(15)13-19(18)24-22(25)28-14(2)20(26)23-17-10-6-7-11-17/h4-5,8-9,12-14,17H,3,6-7,10-11H2,1-2H3,(H,23,26)/t14-/m0/s1. The number of carbonyl (C=O) groups is 1. The highest BCUT2D eigenvalue weighted by molar-refractivity contribution is 8.00. The molecule has 5 nitrogen and oxygen atoms in total. The van der Waals surface area contributed by atoms with Gasteiger partial charge in [0.2, 0.25) is 5.91 Å². The number of aromatic nitrogens is 2. The minimum atomic E-state index is -0.303. The van der Waals surface area contributed by atoms with E-state index in [1.165, 1.54) is 24.6 Å². The Morgan fingerprint density at radius 2 is 1.93 bits per heavy atom. The van der Waals surface area contributed by atoms with Crippen molar-refractivity contribution in [1.29, 1.82) is 0 Å². The third kappa shape index (κ3) is 3.65. The van der Waals surface area contributed by atoms with Crippen LogP contribution >= 0.6 is 11.8 Å². The first-order valence-electron chi connectivity index (χ1n) is 9.97. The van der Waals surface area contributed by atoms with Crippen molar-refractivity contribution in [2.45, 2.75) is 62.5 Å². The zero-order valence-corrected chi connectivity index (χ0v) is 17.1. The zero-order valence-electron chi connectivity index (χ0n) is 16.3. The lowest BCUT2D eigenvalue weighted by molar-refractivity contribution is -0.120. The second-order valence-electron chi connectivity index (χ2n) is 7.41. The topological polar surface area (TPSA) is 64.0 Å². The Bertz CT molecular complexity index is 1090. The van der Waals surface area contributed by atoms with Gasteiger partial charge in [0.25, 0.3) is 5.56 Å². The molecule has 6 heteroatoms. The Hall–Kier alpha value is -2.34. The van der Waals surface area contributed by atoms with Crippen molar-refractivity contribution in [3.8, 4) is 0 Å². The van der Waals surface area contributed by atoms with Crippen molar-refractivity contribution in [3.05, 3.63) is 46.8 Å².